The van der Waals surface area contributed by atoms with Gasteiger partial charge in [-0.05, 0) is 30.7 Å². The Morgan fingerprint density at radius 3 is 2.55 bits per heavy atom. The molecule has 0 atom stereocenters. The number of carbonyl (C=O) groups is 1. The normalized spacial score (nSPS) is 10.9. The van der Waals surface area contributed by atoms with Gasteiger partial charge in [0.05, 0.1) is 5.39 Å². The topological polar surface area (TPSA) is 64.1 Å². The molecule has 5 nitrogen and oxygen atoms in total. The summed E-state index contributed by atoms with van der Waals surface area (Å²) in [7, 11) is 0. The molecule has 2 aromatic carbocycles. The van der Waals surface area contributed by atoms with E-state index in [-0.39, 0.29) is 12.5 Å². The molecule has 0 bridgehead atoms. The number of amides is 1. The molecular formula is C21H15Cl2N3O2S. The molecule has 1 N–H and O–H groups in total. The van der Waals surface area contributed by atoms with Gasteiger partial charge in [0.2, 0.25) is 5.88 Å². The van der Waals surface area contributed by atoms with Gasteiger partial charge >= 0.3 is 0 Å². The van der Waals surface area contributed by atoms with Gasteiger partial charge in [-0.25, -0.2) is 9.97 Å². The van der Waals surface area contributed by atoms with E-state index >= 15 is 0 Å². The van der Waals surface area contributed by atoms with Gasteiger partial charge in [-0.1, -0.05) is 53.0 Å². The summed E-state index contributed by atoms with van der Waals surface area (Å²) in [5, 5.41) is 6.40. The van der Waals surface area contributed by atoms with Gasteiger partial charge in [-0.15, -0.1) is 11.3 Å². The van der Waals surface area contributed by atoms with Crippen molar-refractivity contribution < 1.29 is 9.53 Å². The average Bonchev–Trinajstić information content (AvgIpc) is 3.11. The van der Waals surface area contributed by atoms with Crippen molar-refractivity contribution >= 4 is 56.3 Å². The summed E-state index contributed by atoms with van der Waals surface area (Å²) in [4.78, 5) is 21.7. The Kier molecular flexibility index (Phi) is 5.67. The van der Waals surface area contributed by atoms with Crippen molar-refractivity contribution in [1.29, 1.82) is 0 Å². The Balaban J connectivity index is 1.55. The molecule has 0 radical (unpaired) electrons. The minimum absolute atomic E-state index is 0.209. The maximum atomic E-state index is 12.3. The SMILES string of the molecule is Cc1ccc(-c2csc3ncnc(OCC(=O)Nc4cc(Cl)cc(Cl)c4)c23)cc1. The molecule has 1 amide bonds. The first-order valence-corrected chi connectivity index (χ1v) is 10.3. The van der Waals surface area contributed by atoms with Crippen LogP contribution >= 0.6 is 34.5 Å². The van der Waals surface area contributed by atoms with Gasteiger partial charge < -0.3 is 10.1 Å². The lowest BCUT2D eigenvalue weighted by Gasteiger charge is -2.09. The molecule has 2 heterocycles. The van der Waals surface area contributed by atoms with Crippen molar-refractivity contribution in [3.63, 3.8) is 0 Å². The summed E-state index contributed by atoms with van der Waals surface area (Å²) in [6.07, 6.45) is 1.43. The fourth-order valence-corrected chi connectivity index (χ4v) is 4.29. The number of nitrogens with one attached hydrogen (secondary N) is 1. The third-order valence-electron chi connectivity index (χ3n) is 4.18. The van der Waals surface area contributed by atoms with E-state index in [1.165, 1.54) is 23.2 Å². The maximum absolute atomic E-state index is 12.3. The standard InChI is InChI=1S/C21H15Cl2N3O2S/c1-12-2-4-13(5-3-12)17-10-29-21-19(17)20(24-11-25-21)28-9-18(27)26-16-7-14(22)6-15(23)8-16/h2-8,10-11H,9H2,1H3,(H,26,27). The van der Waals surface area contributed by atoms with Gasteiger partial charge in [-0.2, -0.15) is 0 Å². The van der Waals surface area contributed by atoms with E-state index in [4.69, 9.17) is 27.9 Å². The zero-order valence-corrected chi connectivity index (χ0v) is 17.6. The highest BCUT2D eigenvalue weighted by molar-refractivity contribution is 7.17. The lowest BCUT2D eigenvalue weighted by atomic mass is 10.0. The fourth-order valence-electron chi connectivity index (χ4n) is 2.86. The van der Waals surface area contributed by atoms with Crippen LogP contribution in [0.15, 0.2) is 54.2 Å². The number of rotatable bonds is 5. The van der Waals surface area contributed by atoms with Gasteiger partial charge in [0, 0.05) is 26.7 Å². The summed E-state index contributed by atoms with van der Waals surface area (Å²) in [6, 6.07) is 13.0. The minimum Gasteiger partial charge on any atom is -0.467 e. The molecule has 0 saturated carbocycles. The van der Waals surface area contributed by atoms with E-state index in [1.54, 1.807) is 18.2 Å². The fraction of sp³-hybridized carbons (Fsp3) is 0.0952. The first kappa shape index (κ1) is 19.6. The van der Waals surface area contributed by atoms with Crippen LogP contribution in [0.2, 0.25) is 10.0 Å². The van der Waals surface area contributed by atoms with Gasteiger partial charge in [0.25, 0.3) is 5.91 Å². The zero-order chi connectivity index (χ0) is 20.4. The van der Waals surface area contributed by atoms with Crippen molar-refractivity contribution in [2.24, 2.45) is 0 Å². The van der Waals surface area contributed by atoms with Crippen LogP contribution < -0.4 is 10.1 Å². The summed E-state index contributed by atoms with van der Waals surface area (Å²) in [5.41, 5.74) is 3.70. The minimum atomic E-state index is -0.345. The summed E-state index contributed by atoms with van der Waals surface area (Å²) >= 11 is 13.4. The van der Waals surface area contributed by atoms with Crippen LogP contribution in [-0.2, 0) is 4.79 Å². The summed E-state index contributed by atoms with van der Waals surface area (Å²) in [6.45, 7) is 1.83. The molecule has 0 aliphatic rings. The smallest absolute Gasteiger partial charge is 0.262 e. The third kappa shape index (κ3) is 4.50. The van der Waals surface area contributed by atoms with Crippen LogP contribution in [0.3, 0.4) is 0 Å². The summed E-state index contributed by atoms with van der Waals surface area (Å²) in [5.74, 6) is 0.0216. The zero-order valence-electron chi connectivity index (χ0n) is 15.3. The van der Waals surface area contributed by atoms with Gasteiger partial charge in [-0.3, -0.25) is 4.79 Å². The first-order chi connectivity index (χ1) is 14.0. The first-order valence-electron chi connectivity index (χ1n) is 8.67. The Hall–Kier alpha value is -2.67. The number of benzene rings is 2. The lowest BCUT2D eigenvalue weighted by Crippen LogP contribution is -2.20. The largest absolute Gasteiger partial charge is 0.467 e. The van der Waals surface area contributed by atoms with Crippen LogP contribution in [-0.4, -0.2) is 22.5 Å². The maximum Gasteiger partial charge on any atom is 0.262 e. The molecule has 8 heteroatoms. The van der Waals surface area contributed by atoms with Crippen LogP contribution in [0.1, 0.15) is 5.56 Å². The second kappa shape index (κ2) is 8.37. The number of aromatic nitrogens is 2. The Labute approximate surface area is 181 Å². The van der Waals surface area contributed by atoms with Crippen molar-refractivity contribution in [2.75, 3.05) is 11.9 Å². The van der Waals surface area contributed by atoms with Crippen LogP contribution in [0.25, 0.3) is 21.3 Å². The van der Waals surface area contributed by atoms with E-state index in [0.717, 1.165) is 21.3 Å². The Morgan fingerprint density at radius 2 is 1.83 bits per heavy atom. The predicted molar refractivity (Wildman–Crippen MR) is 118 cm³/mol. The number of halogens is 2. The number of carbonyl (C=O) groups excluding carboxylic acids is 1. The number of fused-ring (bicyclic) bond motifs is 1. The van der Waals surface area contributed by atoms with E-state index in [1.807, 2.05) is 36.6 Å². The number of ether oxygens (including phenoxy) is 1. The number of thiophene rings is 1. The molecule has 0 spiro atoms. The average molecular weight is 444 g/mol. The quantitative estimate of drug-likeness (QED) is 0.411. The Morgan fingerprint density at radius 1 is 1.10 bits per heavy atom. The van der Waals surface area contributed by atoms with E-state index in [2.05, 4.69) is 15.3 Å². The molecule has 2 aromatic heterocycles. The highest BCUT2D eigenvalue weighted by Gasteiger charge is 2.15. The predicted octanol–water partition coefficient (Wildman–Crippen LogP) is 5.99. The number of nitrogens with zero attached hydrogens (tertiary/aromatic N) is 2. The van der Waals surface area contributed by atoms with Crippen molar-refractivity contribution in [1.82, 2.24) is 9.97 Å². The lowest BCUT2D eigenvalue weighted by molar-refractivity contribution is -0.118. The third-order valence-corrected chi connectivity index (χ3v) is 5.51. The van der Waals surface area contributed by atoms with E-state index < -0.39 is 0 Å². The second-order valence-corrected chi connectivity index (χ2v) is 8.10. The van der Waals surface area contributed by atoms with Crippen molar-refractivity contribution in [2.45, 2.75) is 6.92 Å². The number of aryl methyl sites for hydroxylation is 1. The molecule has 0 unspecified atom stereocenters. The number of hydrogen-bond donors (Lipinski definition) is 1. The summed E-state index contributed by atoms with van der Waals surface area (Å²) < 4.78 is 5.74. The van der Waals surface area contributed by atoms with Crippen molar-refractivity contribution in [3.05, 3.63) is 69.8 Å². The molecule has 4 aromatic rings. The van der Waals surface area contributed by atoms with Gasteiger partial charge in [0.15, 0.2) is 6.61 Å². The molecule has 0 aliphatic heterocycles. The number of anilines is 1. The molecular weight excluding hydrogens is 429 g/mol. The van der Waals surface area contributed by atoms with Crippen LogP contribution in [0.5, 0.6) is 5.88 Å². The molecule has 0 aliphatic carbocycles. The van der Waals surface area contributed by atoms with Gasteiger partial charge in [0.1, 0.15) is 11.2 Å². The van der Waals surface area contributed by atoms with Crippen molar-refractivity contribution in [3.8, 4) is 17.0 Å². The van der Waals surface area contributed by atoms with E-state index in [9.17, 15) is 4.79 Å². The molecule has 0 saturated heterocycles. The van der Waals surface area contributed by atoms with E-state index in [0.29, 0.717) is 21.6 Å². The van der Waals surface area contributed by atoms with Crippen LogP contribution in [0.4, 0.5) is 5.69 Å². The Bertz CT molecular complexity index is 1170. The molecule has 29 heavy (non-hydrogen) atoms. The highest BCUT2D eigenvalue weighted by Crippen LogP contribution is 2.37. The molecule has 4 rings (SSSR count). The monoisotopic (exact) mass is 443 g/mol. The number of hydrogen-bond acceptors (Lipinski definition) is 5. The molecule has 146 valence electrons. The highest BCUT2D eigenvalue weighted by atomic mass is 35.5. The molecule has 0 fully saturated rings. The van der Waals surface area contributed by atoms with Crippen LogP contribution in [0, 0.1) is 6.92 Å². The second-order valence-electron chi connectivity index (χ2n) is 6.37.